The largest absolute Gasteiger partial charge is 0.492 e. The second-order valence-electron chi connectivity index (χ2n) is 2.95. The molecule has 2 N–H and O–H groups in total. The molecule has 0 saturated heterocycles. The summed E-state index contributed by atoms with van der Waals surface area (Å²) in [6, 6.07) is 5.59. The molecular formula is C9H8BrNO2. The third kappa shape index (κ3) is 1.42. The highest BCUT2D eigenvalue weighted by atomic mass is 79.9. The van der Waals surface area contributed by atoms with E-state index in [9.17, 15) is 4.79 Å². The molecule has 1 aliphatic rings. The number of primary amides is 1. The third-order valence-electron chi connectivity index (χ3n) is 2.10. The van der Waals surface area contributed by atoms with Crippen LogP contribution >= 0.6 is 15.9 Å². The predicted molar refractivity (Wildman–Crippen MR) is 51.6 cm³/mol. The molecule has 2 rings (SSSR count). The van der Waals surface area contributed by atoms with Crippen LogP contribution < -0.4 is 10.5 Å². The van der Waals surface area contributed by atoms with E-state index in [1.165, 1.54) is 0 Å². The van der Waals surface area contributed by atoms with E-state index in [1.807, 2.05) is 18.2 Å². The van der Waals surface area contributed by atoms with E-state index < -0.39 is 0 Å². The number of benzene rings is 1. The van der Waals surface area contributed by atoms with Gasteiger partial charge in [-0.2, -0.15) is 0 Å². The third-order valence-corrected chi connectivity index (χ3v) is 2.59. The molecule has 1 aromatic rings. The Morgan fingerprint density at radius 1 is 1.62 bits per heavy atom. The predicted octanol–water partition coefficient (Wildman–Crippen LogP) is 1.41. The minimum Gasteiger partial charge on any atom is -0.492 e. The summed E-state index contributed by atoms with van der Waals surface area (Å²) >= 11 is 3.33. The topological polar surface area (TPSA) is 52.3 Å². The van der Waals surface area contributed by atoms with Crippen LogP contribution in [-0.4, -0.2) is 12.5 Å². The average molecular weight is 242 g/mol. The number of hydrogen-bond acceptors (Lipinski definition) is 2. The summed E-state index contributed by atoms with van der Waals surface area (Å²) in [6.45, 7) is 0.362. The van der Waals surface area contributed by atoms with Gasteiger partial charge < -0.3 is 10.5 Å². The monoisotopic (exact) mass is 241 g/mol. The second kappa shape index (κ2) is 3.03. The van der Waals surface area contributed by atoms with E-state index in [0.717, 1.165) is 15.8 Å². The van der Waals surface area contributed by atoms with Crippen molar-refractivity contribution in [3.63, 3.8) is 0 Å². The highest BCUT2D eigenvalue weighted by molar-refractivity contribution is 9.10. The number of hydrogen-bond donors (Lipinski definition) is 1. The first kappa shape index (κ1) is 8.56. The van der Waals surface area contributed by atoms with Gasteiger partial charge in [-0.15, -0.1) is 0 Å². The number of carbonyl (C=O) groups is 1. The summed E-state index contributed by atoms with van der Waals surface area (Å²) < 4.78 is 6.24. The zero-order valence-electron chi connectivity index (χ0n) is 6.79. The molecule has 0 bridgehead atoms. The normalized spacial score (nSPS) is 19.3. The lowest BCUT2D eigenvalue weighted by molar-refractivity contribution is -0.119. The number of fused-ring (bicyclic) bond motifs is 1. The van der Waals surface area contributed by atoms with Crippen LogP contribution in [0.5, 0.6) is 5.75 Å². The smallest absolute Gasteiger partial charge is 0.228 e. The number of ether oxygens (including phenoxy) is 1. The van der Waals surface area contributed by atoms with E-state index in [2.05, 4.69) is 15.9 Å². The molecular weight excluding hydrogens is 234 g/mol. The fraction of sp³-hybridized carbons (Fsp3) is 0.222. The summed E-state index contributed by atoms with van der Waals surface area (Å²) in [7, 11) is 0. The van der Waals surface area contributed by atoms with E-state index in [1.54, 1.807) is 0 Å². The molecule has 13 heavy (non-hydrogen) atoms. The summed E-state index contributed by atoms with van der Waals surface area (Å²) in [5.74, 6) is 0.122. The van der Waals surface area contributed by atoms with E-state index in [0.29, 0.717) is 6.61 Å². The minimum atomic E-state index is -0.336. The van der Waals surface area contributed by atoms with Gasteiger partial charge in [0.15, 0.2) is 0 Å². The van der Waals surface area contributed by atoms with Gasteiger partial charge in [-0.05, 0) is 18.2 Å². The van der Waals surface area contributed by atoms with Gasteiger partial charge in [-0.1, -0.05) is 15.9 Å². The van der Waals surface area contributed by atoms with E-state index in [-0.39, 0.29) is 11.8 Å². The molecule has 0 saturated carbocycles. The molecule has 0 radical (unpaired) electrons. The van der Waals surface area contributed by atoms with Gasteiger partial charge in [-0.25, -0.2) is 0 Å². The molecule has 1 atom stereocenters. The zero-order valence-corrected chi connectivity index (χ0v) is 8.37. The van der Waals surface area contributed by atoms with Crippen LogP contribution in [-0.2, 0) is 4.79 Å². The summed E-state index contributed by atoms with van der Waals surface area (Å²) in [5.41, 5.74) is 6.11. The van der Waals surface area contributed by atoms with Crippen molar-refractivity contribution in [3.05, 3.63) is 28.2 Å². The van der Waals surface area contributed by atoms with Gasteiger partial charge in [0.05, 0.1) is 0 Å². The van der Waals surface area contributed by atoms with Crippen molar-refractivity contribution in [2.24, 2.45) is 5.73 Å². The maximum Gasteiger partial charge on any atom is 0.228 e. The van der Waals surface area contributed by atoms with Crippen LogP contribution in [0, 0.1) is 0 Å². The molecule has 0 aliphatic carbocycles. The Labute approximate surface area is 84.0 Å². The van der Waals surface area contributed by atoms with E-state index in [4.69, 9.17) is 10.5 Å². The van der Waals surface area contributed by atoms with Crippen LogP contribution in [0.25, 0.3) is 0 Å². The molecule has 1 amide bonds. The number of nitrogens with two attached hydrogens (primary N) is 1. The van der Waals surface area contributed by atoms with Crippen molar-refractivity contribution in [2.45, 2.75) is 5.92 Å². The molecule has 0 aromatic heterocycles. The van der Waals surface area contributed by atoms with Crippen molar-refractivity contribution < 1.29 is 9.53 Å². The Kier molecular flexibility index (Phi) is 2.00. The number of rotatable bonds is 1. The van der Waals surface area contributed by atoms with Gasteiger partial charge >= 0.3 is 0 Å². The van der Waals surface area contributed by atoms with Crippen LogP contribution in [0.4, 0.5) is 0 Å². The maximum atomic E-state index is 11.0. The average Bonchev–Trinajstić information content (AvgIpc) is 2.46. The maximum absolute atomic E-state index is 11.0. The van der Waals surface area contributed by atoms with Gasteiger partial charge in [0.25, 0.3) is 0 Å². The summed E-state index contributed by atoms with van der Waals surface area (Å²) in [6.07, 6.45) is 0. The molecule has 4 heteroatoms. The lowest BCUT2D eigenvalue weighted by Crippen LogP contribution is -2.22. The van der Waals surface area contributed by atoms with Crippen LogP contribution in [0.1, 0.15) is 11.5 Å². The Bertz CT molecular complexity index is 365. The van der Waals surface area contributed by atoms with Crippen LogP contribution in [0.15, 0.2) is 22.7 Å². The molecule has 1 unspecified atom stereocenters. The van der Waals surface area contributed by atoms with Crippen molar-refractivity contribution >= 4 is 21.8 Å². The first-order chi connectivity index (χ1) is 6.18. The van der Waals surface area contributed by atoms with Crippen molar-refractivity contribution in [3.8, 4) is 5.75 Å². The first-order valence-electron chi connectivity index (χ1n) is 3.90. The number of amides is 1. The fourth-order valence-corrected chi connectivity index (χ4v) is 1.80. The molecule has 1 aliphatic heterocycles. The van der Waals surface area contributed by atoms with Crippen molar-refractivity contribution in [1.29, 1.82) is 0 Å². The highest BCUT2D eigenvalue weighted by Gasteiger charge is 2.28. The molecule has 1 heterocycles. The van der Waals surface area contributed by atoms with Gasteiger partial charge in [0.1, 0.15) is 18.3 Å². The standard InChI is InChI=1S/C9H8BrNO2/c10-5-1-2-8-6(3-5)7(4-13-8)9(11)12/h1-3,7H,4H2,(H2,11,12). The zero-order chi connectivity index (χ0) is 9.42. The molecule has 0 spiro atoms. The van der Waals surface area contributed by atoms with Crippen molar-refractivity contribution in [1.82, 2.24) is 0 Å². The van der Waals surface area contributed by atoms with Gasteiger partial charge in [-0.3, -0.25) is 4.79 Å². The Hall–Kier alpha value is -1.03. The number of halogens is 1. The second-order valence-corrected chi connectivity index (χ2v) is 3.86. The van der Waals surface area contributed by atoms with Crippen LogP contribution in [0.2, 0.25) is 0 Å². The van der Waals surface area contributed by atoms with Crippen molar-refractivity contribution in [2.75, 3.05) is 6.61 Å². The quantitative estimate of drug-likeness (QED) is 0.809. The lowest BCUT2D eigenvalue weighted by Gasteiger charge is -2.02. The highest BCUT2D eigenvalue weighted by Crippen LogP contribution is 2.35. The fourth-order valence-electron chi connectivity index (χ4n) is 1.42. The molecule has 3 nitrogen and oxygen atoms in total. The molecule has 1 aromatic carbocycles. The Morgan fingerprint density at radius 3 is 3.08 bits per heavy atom. The first-order valence-corrected chi connectivity index (χ1v) is 4.69. The number of carbonyl (C=O) groups excluding carboxylic acids is 1. The molecule has 0 fully saturated rings. The SMILES string of the molecule is NC(=O)C1COc2ccc(Br)cc21. The van der Waals surface area contributed by atoms with Gasteiger partial charge in [0.2, 0.25) is 5.91 Å². The van der Waals surface area contributed by atoms with Gasteiger partial charge in [0, 0.05) is 10.0 Å². The minimum absolute atomic E-state index is 0.299. The molecule has 68 valence electrons. The Balaban J connectivity index is 2.46. The van der Waals surface area contributed by atoms with Crippen LogP contribution in [0.3, 0.4) is 0 Å². The summed E-state index contributed by atoms with van der Waals surface area (Å²) in [4.78, 5) is 11.0. The van der Waals surface area contributed by atoms with E-state index >= 15 is 0 Å². The summed E-state index contributed by atoms with van der Waals surface area (Å²) in [5, 5.41) is 0. The lowest BCUT2D eigenvalue weighted by atomic mass is 10.0. The Morgan fingerprint density at radius 2 is 2.38 bits per heavy atom.